The van der Waals surface area contributed by atoms with Gasteiger partial charge in [0.25, 0.3) is 0 Å². The molecule has 0 saturated carbocycles. The van der Waals surface area contributed by atoms with Crippen molar-refractivity contribution in [2.45, 2.75) is 32.8 Å². The maximum Gasteiger partial charge on any atom is 0.216 e. The highest BCUT2D eigenvalue weighted by atomic mass is 32.1. The summed E-state index contributed by atoms with van der Waals surface area (Å²) in [6.45, 7) is 2.29. The van der Waals surface area contributed by atoms with Gasteiger partial charge < -0.3 is 4.74 Å². The molecule has 5 nitrogen and oxygen atoms in total. The van der Waals surface area contributed by atoms with Crippen molar-refractivity contribution in [2.24, 2.45) is 5.10 Å². The highest BCUT2D eigenvalue weighted by Crippen LogP contribution is 2.16. The van der Waals surface area contributed by atoms with Crippen LogP contribution in [0, 0.1) is 10.6 Å². The van der Waals surface area contributed by atoms with Gasteiger partial charge >= 0.3 is 0 Å². The van der Waals surface area contributed by atoms with Gasteiger partial charge in [0.05, 0.1) is 6.21 Å². The van der Waals surface area contributed by atoms with Crippen LogP contribution in [0.5, 0.6) is 5.75 Å². The lowest BCUT2D eigenvalue weighted by atomic mass is 10.2. The number of aromatic nitrogens is 3. The second kappa shape index (κ2) is 9.23. The Morgan fingerprint density at radius 1 is 1.26 bits per heavy atom. The van der Waals surface area contributed by atoms with Crippen LogP contribution in [-0.2, 0) is 13.0 Å². The highest BCUT2D eigenvalue weighted by molar-refractivity contribution is 7.71. The third kappa shape index (κ3) is 5.10. The van der Waals surface area contributed by atoms with Gasteiger partial charge in [0.15, 0.2) is 5.82 Å². The number of nitrogens with one attached hydrogen (secondary N) is 1. The smallest absolute Gasteiger partial charge is 0.216 e. The zero-order valence-corrected chi connectivity index (χ0v) is 15.9. The van der Waals surface area contributed by atoms with E-state index in [1.165, 1.54) is 6.07 Å². The summed E-state index contributed by atoms with van der Waals surface area (Å²) in [7, 11) is 0. The lowest BCUT2D eigenvalue weighted by molar-refractivity contribution is 0.300. The number of unbranched alkanes of at least 4 members (excludes halogenated alkanes) is 1. The molecule has 3 rings (SSSR count). The molecule has 0 bridgehead atoms. The van der Waals surface area contributed by atoms with Crippen LogP contribution < -0.4 is 4.74 Å². The molecule has 0 radical (unpaired) electrons. The molecule has 1 aromatic heterocycles. The minimum Gasteiger partial charge on any atom is -0.489 e. The van der Waals surface area contributed by atoms with Crippen molar-refractivity contribution in [2.75, 3.05) is 0 Å². The van der Waals surface area contributed by atoms with E-state index in [4.69, 9.17) is 17.0 Å². The van der Waals surface area contributed by atoms with Gasteiger partial charge in [-0.05, 0) is 42.4 Å². The second-order valence-corrected chi connectivity index (χ2v) is 6.44. The van der Waals surface area contributed by atoms with Crippen LogP contribution in [0.25, 0.3) is 0 Å². The quantitative estimate of drug-likeness (QED) is 0.445. The summed E-state index contributed by atoms with van der Waals surface area (Å²) in [6, 6.07) is 14.0. The molecule has 0 aliphatic carbocycles. The van der Waals surface area contributed by atoms with Crippen molar-refractivity contribution < 1.29 is 9.13 Å². The van der Waals surface area contributed by atoms with Gasteiger partial charge in [-0.3, -0.25) is 5.10 Å². The average Bonchev–Trinajstić information content (AvgIpc) is 3.04. The Bertz CT molecular complexity index is 980. The van der Waals surface area contributed by atoms with E-state index in [1.807, 2.05) is 24.3 Å². The molecule has 0 unspecified atom stereocenters. The molecule has 0 fully saturated rings. The molecule has 0 atom stereocenters. The molecule has 1 heterocycles. The van der Waals surface area contributed by atoms with E-state index in [0.29, 0.717) is 16.1 Å². The van der Waals surface area contributed by atoms with E-state index >= 15 is 0 Å². The molecule has 0 saturated heterocycles. The van der Waals surface area contributed by atoms with Crippen molar-refractivity contribution in [1.82, 2.24) is 14.9 Å². The number of rotatable bonds is 8. The topological polar surface area (TPSA) is 55.2 Å². The van der Waals surface area contributed by atoms with Gasteiger partial charge in [-0.15, -0.1) is 0 Å². The predicted octanol–water partition coefficient (Wildman–Crippen LogP) is 4.88. The first kappa shape index (κ1) is 19.0. The molecule has 1 N–H and O–H groups in total. The molecule has 3 aromatic rings. The molecule has 140 valence electrons. The van der Waals surface area contributed by atoms with Crippen LogP contribution in [0.3, 0.4) is 0 Å². The normalized spacial score (nSPS) is 11.2. The Labute approximate surface area is 162 Å². The Balaban J connectivity index is 1.71. The standard InChI is InChI=1S/C20H21FN4OS/c1-2-3-11-19-23-24-20(27)25(19)22-13-15-7-6-9-17(12-15)26-14-16-8-4-5-10-18(16)21/h4-10,12-13H,2-3,11,14H2,1H3,(H,24,27)/b22-13+. The first-order chi connectivity index (χ1) is 13.2. The van der Waals surface area contributed by atoms with Crippen molar-refractivity contribution in [3.63, 3.8) is 0 Å². The fraction of sp³-hybridized carbons (Fsp3) is 0.250. The van der Waals surface area contributed by atoms with Gasteiger partial charge in [-0.25, -0.2) is 4.39 Å². The Kier molecular flexibility index (Phi) is 6.49. The number of halogens is 1. The van der Waals surface area contributed by atoms with Crippen LogP contribution in [0.15, 0.2) is 53.6 Å². The second-order valence-electron chi connectivity index (χ2n) is 6.06. The molecule has 0 aliphatic rings. The predicted molar refractivity (Wildman–Crippen MR) is 106 cm³/mol. The summed E-state index contributed by atoms with van der Waals surface area (Å²) < 4.78 is 21.5. The number of benzene rings is 2. The van der Waals surface area contributed by atoms with E-state index in [-0.39, 0.29) is 12.4 Å². The van der Waals surface area contributed by atoms with Gasteiger partial charge in [-0.1, -0.05) is 43.7 Å². The van der Waals surface area contributed by atoms with Crippen molar-refractivity contribution in [3.05, 3.63) is 76.1 Å². The molecule has 27 heavy (non-hydrogen) atoms. The van der Waals surface area contributed by atoms with Crippen LogP contribution in [0.2, 0.25) is 0 Å². The summed E-state index contributed by atoms with van der Waals surface area (Å²) in [4.78, 5) is 0. The summed E-state index contributed by atoms with van der Waals surface area (Å²) in [6.07, 6.45) is 4.61. The fourth-order valence-electron chi connectivity index (χ4n) is 2.53. The minimum absolute atomic E-state index is 0.168. The highest BCUT2D eigenvalue weighted by Gasteiger charge is 2.05. The monoisotopic (exact) mass is 384 g/mol. The third-order valence-corrected chi connectivity index (χ3v) is 4.27. The van der Waals surface area contributed by atoms with E-state index in [0.717, 1.165) is 30.7 Å². The minimum atomic E-state index is -0.274. The van der Waals surface area contributed by atoms with Gasteiger partial charge in [0.2, 0.25) is 4.77 Å². The summed E-state index contributed by atoms with van der Waals surface area (Å²) in [5, 5.41) is 11.4. The molecule has 7 heteroatoms. The van der Waals surface area contributed by atoms with Crippen molar-refractivity contribution >= 4 is 18.4 Å². The summed E-state index contributed by atoms with van der Waals surface area (Å²) >= 11 is 5.24. The SMILES string of the molecule is CCCCc1n[nH]c(=S)n1/N=C/c1cccc(OCc2ccccc2F)c1. The molecular weight excluding hydrogens is 363 g/mol. The Morgan fingerprint density at radius 3 is 2.93 bits per heavy atom. The molecule has 0 spiro atoms. The number of aromatic amines is 1. The van der Waals surface area contributed by atoms with Gasteiger partial charge in [-0.2, -0.15) is 14.9 Å². The zero-order valence-electron chi connectivity index (χ0n) is 15.1. The van der Waals surface area contributed by atoms with E-state index in [2.05, 4.69) is 22.2 Å². The molecule has 0 amide bonds. The molecule has 0 aliphatic heterocycles. The van der Waals surface area contributed by atoms with Crippen LogP contribution in [0.1, 0.15) is 36.7 Å². The lowest BCUT2D eigenvalue weighted by Gasteiger charge is -2.07. The summed E-state index contributed by atoms with van der Waals surface area (Å²) in [5.41, 5.74) is 1.37. The Morgan fingerprint density at radius 2 is 2.11 bits per heavy atom. The van der Waals surface area contributed by atoms with Crippen molar-refractivity contribution in [3.8, 4) is 5.75 Å². The van der Waals surface area contributed by atoms with Crippen molar-refractivity contribution in [1.29, 1.82) is 0 Å². The third-order valence-electron chi connectivity index (χ3n) is 4.00. The number of aryl methyl sites for hydroxylation is 1. The fourth-order valence-corrected chi connectivity index (χ4v) is 2.72. The number of hydrogen-bond donors (Lipinski definition) is 1. The first-order valence-corrected chi connectivity index (χ1v) is 9.25. The van der Waals surface area contributed by atoms with Gasteiger partial charge in [0.1, 0.15) is 18.2 Å². The maximum atomic E-state index is 13.7. The molecular formula is C20H21FN4OS. The van der Waals surface area contributed by atoms with Crippen LogP contribution >= 0.6 is 12.2 Å². The average molecular weight is 384 g/mol. The summed E-state index contributed by atoms with van der Waals surface area (Å²) in [5.74, 6) is 1.18. The number of nitrogens with zero attached hydrogens (tertiary/aromatic N) is 3. The Hall–Kier alpha value is -2.80. The van der Waals surface area contributed by atoms with Crippen LogP contribution in [0.4, 0.5) is 4.39 Å². The number of H-pyrrole nitrogens is 1. The van der Waals surface area contributed by atoms with E-state index < -0.39 is 0 Å². The van der Waals surface area contributed by atoms with Gasteiger partial charge in [0, 0.05) is 12.0 Å². The van der Waals surface area contributed by atoms with E-state index in [9.17, 15) is 4.39 Å². The number of hydrogen-bond acceptors (Lipinski definition) is 4. The molecule has 2 aromatic carbocycles. The maximum absolute atomic E-state index is 13.7. The zero-order chi connectivity index (χ0) is 19.1. The number of ether oxygens (including phenoxy) is 1. The van der Waals surface area contributed by atoms with Crippen LogP contribution in [-0.4, -0.2) is 21.1 Å². The van der Waals surface area contributed by atoms with E-state index in [1.54, 1.807) is 29.1 Å². The first-order valence-electron chi connectivity index (χ1n) is 8.84. The lowest BCUT2D eigenvalue weighted by Crippen LogP contribution is -2.00. The largest absolute Gasteiger partial charge is 0.489 e.